The fraction of sp³-hybridized carbons (Fsp3) is 0.217. The van der Waals surface area contributed by atoms with Crippen LogP contribution in [0.5, 0.6) is 11.5 Å². The van der Waals surface area contributed by atoms with Gasteiger partial charge in [-0.3, -0.25) is 10.1 Å². The average Bonchev–Trinajstić information content (AvgIpc) is 2.79. The van der Waals surface area contributed by atoms with Crippen LogP contribution in [0.4, 0.5) is 5.69 Å². The molecule has 0 unspecified atom stereocenters. The molecule has 0 N–H and O–H groups in total. The molecule has 0 fully saturated rings. The molecule has 0 aliphatic carbocycles. The molecule has 0 aliphatic rings. The summed E-state index contributed by atoms with van der Waals surface area (Å²) in [6, 6.07) is 12.9. The number of ether oxygens (including phenoxy) is 2. The Kier molecular flexibility index (Phi) is 7.16. The van der Waals surface area contributed by atoms with Gasteiger partial charge in [0.25, 0.3) is 5.69 Å². The topological polar surface area (TPSA) is 101 Å². The lowest BCUT2D eigenvalue weighted by atomic mass is 10.1. The number of methoxy groups -OCH3 is 1. The molecule has 0 spiro atoms. The Hall–Kier alpha value is -3.94. The number of non-ortho nitro benzene ring substituents is 1. The van der Waals surface area contributed by atoms with E-state index in [0.29, 0.717) is 34.1 Å². The predicted molar refractivity (Wildman–Crippen MR) is 118 cm³/mol. The Labute approximate surface area is 180 Å². The quantitative estimate of drug-likeness (QED) is 0.164. The van der Waals surface area contributed by atoms with Crippen molar-refractivity contribution in [3.8, 4) is 22.9 Å². The van der Waals surface area contributed by atoms with Crippen molar-refractivity contribution in [3.63, 3.8) is 0 Å². The number of aromatic nitrogens is 2. The second-order valence-corrected chi connectivity index (χ2v) is 6.74. The Morgan fingerprint density at radius 1 is 1.13 bits per heavy atom. The molecule has 1 heterocycles. The summed E-state index contributed by atoms with van der Waals surface area (Å²) in [6.07, 6.45) is 6.93. The van der Waals surface area contributed by atoms with Crippen molar-refractivity contribution in [3.05, 3.63) is 81.3 Å². The lowest BCUT2D eigenvalue weighted by Crippen LogP contribution is -2.33. The molecule has 0 amide bonds. The SMILES string of the molecule is CCCCOc1ccc(C=Cc2ccnc(-c3cccc([N+](=O)[O-])c3)[n+]2[O-])cc1OC. The maximum atomic E-state index is 12.8. The summed E-state index contributed by atoms with van der Waals surface area (Å²) in [5, 5.41) is 23.8. The molecule has 0 radical (unpaired) electrons. The Morgan fingerprint density at radius 2 is 1.97 bits per heavy atom. The van der Waals surface area contributed by atoms with Gasteiger partial charge in [0.05, 0.1) is 24.2 Å². The smallest absolute Gasteiger partial charge is 0.333 e. The summed E-state index contributed by atoms with van der Waals surface area (Å²) in [7, 11) is 1.58. The molecule has 0 bridgehead atoms. The van der Waals surface area contributed by atoms with Gasteiger partial charge in [-0.05, 0) is 41.2 Å². The molecule has 1 aromatic heterocycles. The van der Waals surface area contributed by atoms with Gasteiger partial charge >= 0.3 is 5.82 Å². The van der Waals surface area contributed by atoms with Gasteiger partial charge in [0.15, 0.2) is 11.5 Å². The van der Waals surface area contributed by atoms with E-state index in [2.05, 4.69) is 11.9 Å². The van der Waals surface area contributed by atoms with Crippen LogP contribution in [0.2, 0.25) is 0 Å². The molecule has 8 heteroatoms. The first kappa shape index (κ1) is 21.8. The minimum Gasteiger partial charge on any atom is -0.710 e. The third-order valence-electron chi connectivity index (χ3n) is 4.57. The van der Waals surface area contributed by atoms with Crippen molar-refractivity contribution in [2.24, 2.45) is 0 Å². The molecular formula is C23H23N3O5. The molecule has 3 rings (SSSR count). The van der Waals surface area contributed by atoms with E-state index in [1.165, 1.54) is 24.4 Å². The van der Waals surface area contributed by atoms with Crippen LogP contribution >= 0.6 is 0 Å². The minimum atomic E-state index is -0.509. The monoisotopic (exact) mass is 421 g/mol. The van der Waals surface area contributed by atoms with Gasteiger partial charge < -0.3 is 14.7 Å². The zero-order valence-corrected chi connectivity index (χ0v) is 17.4. The van der Waals surface area contributed by atoms with Crippen LogP contribution in [0.15, 0.2) is 54.7 Å². The summed E-state index contributed by atoms with van der Waals surface area (Å²) in [5.41, 5.74) is 1.44. The summed E-state index contributed by atoms with van der Waals surface area (Å²) < 4.78 is 11.8. The molecule has 0 saturated carbocycles. The van der Waals surface area contributed by atoms with E-state index >= 15 is 0 Å². The normalized spacial score (nSPS) is 10.9. The van der Waals surface area contributed by atoms with Crippen molar-refractivity contribution in [2.75, 3.05) is 13.7 Å². The van der Waals surface area contributed by atoms with E-state index in [9.17, 15) is 15.3 Å². The zero-order valence-electron chi connectivity index (χ0n) is 17.4. The van der Waals surface area contributed by atoms with Crippen LogP contribution in [-0.2, 0) is 0 Å². The first-order chi connectivity index (χ1) is 15.0. The molecule has 0 aliphatic heterocycles. The Morgan fingerprint density at radius 3 is 2.71 bits per heavy atom. The number of benzene rings is 2. The van der Waals surface area contributed by atoms with E-state index in [4.69, 9.17) is 9.47 Å². The van der Waals surface area contributed by atoms with Crippen LogP contribution in [0.1, 0.15) is 31.0 Å². The van der Waals surface area contributed by atoms with E-state index in [1.54, 1.807) is 31.4 Å². The molecule has 31 heavy (non-hydrogen) atoms. The highest BCUT2D eigenvalue weighted by Crippen LogP contribution is 2.29. The highest BCUT2D eigenvalue weighted by Gasteiger charge is 2.16. The van der Waals surface area contributed by atoms with Gasteiger partial charge in [-0.2, -0.15) is 0 Å². The second-order valence-electron chi connectivity index (χ2n) is 6.74. The number of hydrogen-bond donors (Lipinski definition) is 0. The molecule has 3 aromatic rings. The molecule has 0 atom stereocenters. The minimum absolute atomic E-state index is 0.0862. The van der Waals surface area contributed by atoms with Crippen molar-refractivity contribution >= 4 is 17.8 Å². The van der Waals surface area contributed by atoms with E-state index in [1.807, 2.05) is 18.2 Å². The molecule has 2 aromatic carbocycles. The first-order valence-corrected chi connectivity index (χ1v) is 9.85. The number of rotatable bonds is 9. The maximum Gasteiger partial charge on any atom is 0.333 e. The number of hydrogen-bond acceptors (Lipinski definition) is 6. The van der Waals surface area contributed by atoms with Crippen molar-refractivity contribution in [1.29, 1.82) is 0 Å². The Bertz CT molecular complexity index is 1100. The van der Waals surface area contributed by atoms with Gasteiger partial charge in [-0.1, -0.05) is 31.6 Å². The number of nitro groups is 1. The summed E-state index contributed by atoms with van der Waals surface area (Å²) in [6.45, 7) is 2.72. The average molecular weight is 421 g/mol. The third kappa shape index (κ3) is 5.36. The van der Waals surface area contributed by atoms with Gasteiger partial charge in [-0.25, -0.2) is 4.73 Å². The fourth-order valence-electron chi connectivity index (χ4n) is 2.92. The molecule has 8 nitrogen and oxygen atoms in total. The lowest BCUT2D eigenvalue weighted by Gasteiger charge is -2.11. The van der Waals surface area contributed by atoms with E-state index in [0.717, 1.165) is 18.4 Å². The van der Waals surface area contributed by atoms with Gasteiger partial charge in [0.1, 0.15) is 11.9 Å². The van der Waals surface area contributed by atoms with Gasteiger partial charge in [0, 0.05) is 18.2 Å². The van der Waals surface area contributed by atoms with Crippen molar-refractivity contribution in [2.45, 2.75) is 19.8 Å². The van der Waals surface area contributed by atoms with Crippen molar-refractivity contribution < 1.29 is 19.1 Å². The molecule has 160 valence electrons. The standard InChI is InChI=1S/C23H23N3O5/c1-3-4-14-31-21-11-9-17(15-22(21)30-2)8-10-19-12-13-24-23(25(19)27)18-6-5-7-20(16-18)26(28)29/h5-13,15-16H,3-4,14H2,1-2H3. The summed E-state index contributed by atoms with van der Waals surface area (Å²) in [5.74, 6) is 1.37. The first-order valence-electron chi connectivity index (χ1n) is 9.85. The fourth-order valence-corrected chi connectivity index (χ4v) is 2.92. The van der Waals surface area contributed by atoms with E-state index < -0.39 is 4.92 Å². The van der Waals surface area contributed by atoms with E-state index in [-0.39, 0.29) is 11.5 Å². The highest BCUT2D eigenvalue weighted by atomic mass is 16.6. The van der Waals surface area contributed by atoms with Gasteiger partial charge in [0.2, 0.25) is 0 Å². The number of unbranched alkanes of at least 4 members (excludes halogenated alkanes) is 1. The Balaban J connectivity index is 1.86. The summed E-state index contributed by atoms with van der Waals surface area (Å²) >= 11 is 0. The zero-order chi connectivity index (χ0) is 22.2. The van der Waals surface area contributed by atoms with Crippen molar-refractivity contribution in [1.82, 2.24) is 4.98 Å². The third-order valence-corrected chi connectivity index (χ3v) is 4.57. The summed E-state index contributed by atoms with van der Waals surface area (Å²) in [4.78, 5) is 14.6. The van der Waals surface area contributed by atoms with Gasteiger partial charge in [-0.15, -0.1) is 0 Å². The molecular weight excluding hydrogens is 398 g/mol. The lowest BCUT2D eigenvalue weighted by molar-refractivity contribution is -0.598. The highest BCUT2D eigenvalue weighted by molar-refractivity contribution is 5.69. The number of nitrogens with zero attached hydrogens (tertiary/aromatic N) is 3. The van der Waals surface area contributed by atoms with Crippen LogP contribution in [0, 0.1) is 15.3 Å². The number of nitro benzene ring substituents is 1. The largest absolute Gasteiger partial charge is 0.710 e. The van der Waals surface area contributed by atoms with Crippen LogP contribution in [0.25, 0.3) is 23.5 Å². The van der Waals surface area contributed by atoms with Crippen LogP contribution in [-0.4, -0.2) is 23.6 Å². The maximum absolute atomic E-state index is 12.8. The molecule has 0 saturated heterocycles. The second kappa shape index (κ2) is 10.2. The predicted octanol–water partition coefficient (Wildman–Crippen LogP) is 4.65. The van der Waals surface area contributed by atoms with Crippen LogP contribution < -0.4 is 14.2 Å². The van der Waals surface area contributed by atoms with Crippen LogP contribution in [0.3, 0.4) is 0 Å².